The SMILES string of the molecule is COC(=O)NC(C(=O)N1CCCC1CNCC(=N)c1ccc(-c2cc3sc(-c4ccc(-c5cnc(C6CCCN6C(=O)C(NC(=O)OC)C(C)C)[nH]5)cc4)cc3s2)cc1)c1ccccc1. The van der Waals surface area contributed by atoms with Crippen molar-refractivity contribution in [2.45, 2.75) is 63.7 Å². The Balaban J connectivity index is 0.850. The number of hydrogen-bond acceptors (Lipinski definition) is 11. The number of methoxy groups -OCH3 is 2. The van der Waals surface area contributed by atoms with Crippen LogP contribution < -0.4 is 16.0 Å². The van der Waals surface area contributed by atoms with Gasteiger partial charge in [0, 0.05) is 51.4 Å². The molecule has 5 heterocycles. The summed E-state index contributed by atoms with van der Waals surface area (Å²) in [6.07, 6.45) is 3.89. The van der Waals surface area contributed by atoms with Gasteiger partial charge in [0.1, 0.15) is 17.9 Å². The van der Waals surface area contributed by atoms with Crippen LogP contribution in [0.4, 0.5) is 9.59 Å². The average Bonchev–Trinajstić information content (AvgIpc) is 4.19. The summed E-state index contributed by atoms with van der Waals surface area (Å²) in [6.45, 7) is 5.92. The third-order valence-electron chi connectivity index (χ3n) is 12.2. The fourth-order valence-corrected chi connectivity index (χ4v) is 11.1. The minimum absolute atomic E-state index is 0.0509. The molecule has 3 aromatic heterocycles. The van der Waals surface area contributed by atoms with E-state index in [9.17, 15) is 19.2 Å². The first-order valence-corrected chi connectivity index (χ1v) is 23.6. The van der Waals surface area contributed by atoms with E-state index in [4.69, 9.17) is 19.9 Å². The summed E-state index contributed by atoms with van der Waals surface area (Å²) < 4.78 is 12.0. The van der Waals surface area contributed by atoms with Crippen molar-refractivity contribution >= 4 is 61.8 Å². The molecule has 338 valence electrons. The van der Waals surface area contributed by atoms with Gasteiger partial charge in [0.2, 0.25) is 11.8 Å². The third-order valence-corrected chi connectivity index (χ3v) is 14.6. The first-order chi connectivity index (χ1) is 31.5. The van der Waals surface area contributed by atoms with E-state index in [-0.39, 0.29) is 29.8 Å². The second kappa shape index (κ2) is 20.2. The van der Waals surface area contributed by atoms with E-state index < -0.39 is 24.3 Å². The molecule has 16 heteroatoms. The van der Waals surface area contributed by atoms with Crippen LogP contribution >= 0.6 is 22.7 Å². The lowest BCUT2D eigenvalue weighted by molar-refractivity contribution is -0.135. The van der Waals surface area contributed by atoms with Gasteiger partial charge in [-0.2, -0.15) is 0 Å². The molecule has 4 unspecified atom stereocenters. The lowest BCUT2D eigenvalue weighted by Crippen LogP contribution is -2.51. The van der Waals surface area contributed by atoms with E-state index in [2.05, 4.69) is 69.5 Å². The number of carbonyl (C=O) groups excluding carboxylic acids is 4. The zero-order valence-electron chi connectivity index (χ0n) is 36.9. The first-order valence-electron chi connectivity index (χ1n) is 21.9. The Morgan fingerprint density at radius 1 is 0.785 bits per heavy atom. The summed E-state index contributed by atoms with van der Waals surface area (Å²) in [6, 6.07) is 28.5. The van der Waals surface area contributed by atoms with Crippen molar-refractivity contribution in [1.29, 1.82) is 5.41 Å². The number of carbonyl (C=O) groups is 4. The smallest absolute Gasteiger partial charge is 0.407 e. The van der Waals surface area contributed by atoms with Crippen LogP contribution in [0, 0.1) is 11.3 Å². The highest BCUT2D eigenvalue weighted by atomic mass is 32.1. The van der Waals surface area contributed by atoms with E-state index in [0.29, 0.717) is 37.5 Å². The summed E-state index contributed by atoms with van der Waals surface area (Å²) >= 11 is 3.51. The summed E-state index contributed by atoms with van der Waals surface area (Å²) in [5.74, 6) is 0.327. The number of aromatic amines is 1. The normalized spacial score (nSPS) is 17.0. The number of fused-ring (bicyclic) bond motifs is 1. The Morgan fingerprint density at radius 2 is 1.38 bits per heavy atom. The van der Waals surface area contributed by atoms with Gasteiger partial charge in [0.15, 0.2) is 0 Å². The number of likely N-dealkylation sites (tertiary alicyclic amines) is 2. The van der Waals surface area contributed by atoms with Gasteiger partial charge in [-0.15, -0.1) is 22.7 Å². The highest BCUT2D eigenvalue weighted by Gasteiger charge is 2.38. The maximum absolute atomic E-state index is 13.7. The number of benzene rings is 3. The monoisotopic (exact) mass is 914 g/mol. The number of nitrogens with one attached hydrogen (secondary N) is 5. The number of H-pyrrole nitrogens is 1. The predicted molar refractivity (Wildman–Crippen MR) is 255 cm³/mol. The molecule has 2 aliphatic rings. The number of imidazole rings is 1. The molecule has 14 nitrogen and oxygen atoms in total. The molecule has 5 N–H and O–H groups in total. The quantitative estimate of drug-likeness (QED) is 0.0634. The lowest BCUT2D eigenvalue weighted by Gasteiger charge is -2.30. The number of nitrogens with zero attached hydrogens (tertiary/aromatic N) is 3. The van der Waals surface area contributed by atoms with Crippen molar-refractivity contribution < 1.29 is 28.7 Å². The minimum Gasteiger partial charge on any atom is -0.453 e. The maximum atomic E-state index is 13.7. The molecule has 2 saturated heterocycles. The summed E-state index contributed by atoms with van der Waals surface area (Å²) in [7, 11) is 2.58. The van der Waals surface area contributed by atoms with E-state index in [1.165, 1.54) is 33.4 Å². The molecule has 2 aliphatic heterocycles. The number of aromatic nitrogens is 2. The van der Waals surface area contributed by atoms with Gasteiger partial charge in [0.05, 0.1) is 37.9 Å². The molecule has 4 amide bonds. The van der Waals surface area contributed by atoms with Crippen molar-refractivity contribution in [3.05, 3.63) is 114 Å². The Bertz CT molecular complexity index is 2610. The molecular weight excluding hydrogens is 861 g/mol. The predicted octanol–water partition coefficient (Wildman–Crippen LogP) is 8.78. The standard InChI is InChI=1S/C49H54N8O6S2/c1-29(2)43(54-48(60)62-3)46(58)57-23-9-13-38(57)45-52-28-37(53-45)31-16-20-33(21-17-31)40-25-42-41(65-40)24-39(64-42)32-18-14-30(15-19-32)36(50)27-51-26-35-12-8-22-56(35)47(59)44(55-49(61)63-4)34-10-6-5-7-11-34/h5-7,10-11,14-21,24-25,28-29,35,38,43-44,50-51H,8-9,12-13,22-23,26-27H2,1-4H3,(H,52,53)(H,54,60)(H,55,61). The number of amides is 4. The molecule has 0 radical (unpaired) electrons. The molecule has 8 rings (SSSR count). The van der Waals surface area contributed by atoms with E-state index in [1.807, 2.05) is 72.3 Å². The maximum Gasteiger partial charge on any atom is 0.407 e. The Morgan fingerprint density at radius 3 is 2.03 bits per heavy atom. The fraction of sp³-hybridized carbons (Fsp3) is 0.347. The number of thiophene rings is 2. The minimum atomic E-state index is -0.842. The van der Waals surface area contributed by atoms with Crippen molar-refractivity contribution in [1.82, 2.24) is 35.7 Å². The van der Waals surface area contributed by atoms with Crippen molar-refractivity contribution in [2.75, 3.05) is 40.4 Å². The molecule has 0 saturated carbocycles. The summed E-state index contributed by atoms with van der Waals surface area (Å²) in [5.41, 5.74) is 6.11. The highest BCUT2D eigenvalue weighted by molar-refractivity contribution is 7.31. The van der Waals surface area contributed by atoms with Crippen LogP contribution in [0.25, 0.3) is 41.5 Å². The zero-order chi connectivity index (χ0) is 45.6. The van der Waals surface area contributed by atoms with Crippen molar-refractivity contribution in [3.8, 4) is 32.1 Å². The average molecular weight is 915 g/mol. The van der Waals surface area contributed by atoms with E-state index in [1.54, 1.807) is 22.7 Å². The van der Waals surface area contributed by atoms with Crippen LogP contribution in [0.1, 0.15) is 68.6 Å². The van der Waals surface area contributed by atoms with Crippen molar-refractivity contribution in [2.24, 2.45) is 5.92 Å². The van der Waals surface area contributed by atoms with Gasteiger partial charge in [-0.05, 0) is 71.6 Å². The van der Waals surface area contributed by atoms with Crippen molar-refractivity contribution in [3.63, 3.8) is 0 Å². The molecule has 2 fully saturated rings. The van der Waals surface area contributed by atoms with Gasteiger partial charge >= 0.3 is 12.2 Å². The molecule has 65 heavy (non-hydrogen) atoms. The molecular formula is C49H54N8O6S2. The molecule has 0 bridgehead atoms. The van der Waals surface area contributed by atoms with Crippen LogP contribution in [0.15, 0.2) is 97.2 Å². The topological polar surface area (TPSA) is 182 Å². The number of rotatable bonds is 15. The van der Waals surface area contributed by atoms with Gasteiger partial charge in [0.25, 0.3) is 0 Å². The Labute approximate surface area is 386 Å². The van der Waals surface area contributed by atoms with Gasteiger partial charge in [-0.1, -0.05) is 92.7 Å². The van der Waals surface area contributed by atoms with Gasteiger partial charge < -0.3 is 45.6 Å². The molecule has 0 aliphatic carbocycles. The highest BCUT2D eigenvalue weighted by Crippen LogP contribution is 2.42. The van der Waals surface area contributed by atoms with E-state index >= 15 is 0 Å². The Kier molecular flexibility index (Phi) is 14.1. The fourth-order valence-electron chi connectivity index (χ4n) is 8.70. The van der Waals surface area contributed by atoms with Crippen LogP contribution in [0.3, 0.4) is 0 Å². The molecule has 4 atom stereocenters. The van der Waals surface area contributed by atoms with E-state index in [0.717, 1.165) is 59.5 Å². The number of hydrogen-bond donors (Lipinski definition) is 5. The van der Waals surface area contributed by atoms with Gasteiger partial charge in [-0.3, -0.25) is 9.59 Å². The lowest BCUT2D eigenvalue weighted by atomic mass is 10.0. The third kappa shape index (κ3) is 10.1. The van der Waals surface area contributed by atoms with Crippen LogP contribution in [-0.2, 0) is 19.1 Å². The van der Waals surface area contributed by atoms with Crippen LogP contribution in [0.2, 0.25) is 0 Å². The molecule has 6 aromatic rings. The Hall–Kier alpha value is -6.36. The molecule has 0 spiro atoms. The number of alkyl carbamates (subject to hydrolysis) is 2. The van der Waals surface area contributed by atoms with Crippen LogP contribution in [0.5, 0.6) is 0 Å². The summed E-state index contributed by atoms with van der Waals surface area (Å²) in [4.78, 5) is 65.6. The largest absolute Gasteiger partial charge is 0.453 e. The second-order valence-corrected chi connectivity index (χ2v) is 18.9. The second-order valence-electron chi connectivity index (χ2n) is 16.8. The van der Waals surface area contributed by atoms with Gasteiger partial charge in [-0.25, -0.2) is 14.6 Å². The van der Waals surface area contributed by atoms with Crippen LogP contribution in [-0.4, -0.2) is 102 Å². The summed E-state index contributed by atoms with van der Waals surface area (Å²) in [5, 5.41) is 17.6. The zero-order valence-corrected chi connectivity index (χ0v) is 38.5. The molecule has 3 aromatic carbocycles. The first kappa shape index (κ1) is 45.2. The number of ether oxygens (including phenoxy) is 2.